The molecule has 1 fully saturated rings. The molecule has 1 rings (SSSR count). The van der Waals surface area contributed by atoms with Crippen LogP contribution in [0.1, 0.15) is 34.6 Å². The predicted molar refractivity (Wildman–Crippen MR) is 64.0 cm³/mol. The van der Waals surface area contributed by atoms with Gasteiger partial charge in [-0.25, -0.2) is 0 Å². The summed E-state index contributed by atoms with van der Waals surface area (Å²) in [6.07, 6.45) is 0. The van der Waals surface area contributed by atoms with E-state index < -0.39 is 5.60 Å². The zero-order valence-electron chi connectivity index (χ0n) is 10.7. The van der Waals surface area contributed by atoms with Gasteiger partial charge in [0, 0.05) is 31.7 Å². The monoisotopic (exact) mass is 214 g/mol. The minimum Gasteiger partial charge on any atom is -0.389 e. The quantitative estimate of drug-likeness (QED) is 0.738. The van der Waals surface area contributed by atoms with Gasteiger partial charge >= 0.3 is 0 Å². The van der Waals surface area contributed by atoms with Crippen molar-refractivity contribution in [3.05, 3.63) is 0 Å². The molecular formula is C12H26N2O. The van der Waals surface area contributed by atoms with Gasteiger partial charge in [-0.3, -0.25) is 4.90 Å². The summed E-state index contributed by atoms with van der Waals surface area (Å²) in [6, 6.07) is 1.05. The molecule has 1 aliphatic heterocycles. The molecule has 0 radical (unpaired) electrons. The van der Waals surface area contributed by atoms with E-state index in [1.54, 1.807) is 0 Å². The zero-order chi connectivity index (χ0) is 11.6. The van der Waals surface area contributed by atoms with Gasteiger partial charge in [-0.15, -0.1) is 0 Å². The third-order valence-corrected chi connectivity index (χ3v) is 3.66. The minimum atomic E-state index is -0.578. The summed E-state index contributed by atoms with van der Waals surface area (Å²) in [5.41, 5.74) is -0.578. The molecule has 1 heterocycles. The first kappa shape index (κ1) is 12.9. The molecule has 1 saturated heterocycles. The van der Waals surface area contributed by atoms with Gasteiger partial charge in [-0.2, -0.15) is 0 Å². The topological polar surface area (TPSA) is 35.5 Å². The van der Waals surface area contributed by atoms with Crippen molar-refractivity contribution >= 4 is 0 Å². The fraction of sp³-hybridized carbons (Fsp3) is 1.00. The molecule has 0 aromatic rings. The van der Waals surface area contributed by atoms with Crippen LogP contribution in [-0.2, 0) is 0 Å². The second kappa shape index (κ2) is 4.81. The van der Waals surface area contributed by atoms with Crippen molar-refractivity contribution in [2.75, 3.05) is 19.6 Å². The van der Waals surface area contributed by atoms with Crippen LogP contribution in [0.15, 0.2) is 0 Å². The van der Waals surface area contributed by atoms with Gasteiger partial charge in [0.1, 0.15) is 0 Å². The Morgan fingerprint density at radius 3 is 2.60 bits per heavy atom. The largest absolute Gasteiger partial charge is 0.389 e. The Morgan fingerprint density at radius 1 is 1.47 bits per heavy atom. The van der Waals surface area contributed by atoms with Crippen molar-refractivity contribution in [3.8, 4) is 0 Å². The van der Waals surface area contributed by atoms with Gasteiger partial charge in [0.2, 0.25) is 0 Å². The van der Waals surface area contributed by atoms with Crippen molar-refractivity contribution in [3.63, 3.8) is 0 Å². The highest BCUT2D eigenvalue weighted by atomic mass is 16.3. The summed E-state index contributed by atoms with van der Waals surface area (Å²) in [5.74, 6) is 0.301. The molecule has 1 aliphatic rings. The van der Waals surface area contributed by atoms with Crippen LogP contribution in [0.5, 0.6) is 0 Å². The Labute approximate surface area is 93.9 Å². The van der Waals surface area contributed by atoms with E-state index in [1.165, 1.54) is 0 Å². The first-order valence-corrected chi connectivity index (χ1v) is 6.02. The molecule has 0 aromatic carbocycles. The van der Waals surface area contributed by atoms with Crippen LogP contribution in [0.3, 0.4) is 0 Å². The Balaban J connectivity index is 2.55. The van der Waals surface area contributed by atoms with Crippen molar-refractivity contribution < 1.29 is 5.11 Å². The second-order valence-corrected chi connectivity index (χ2v) is 5.60. The number of piperazine rings is 1. The lowest BCUT2D eigenvalue weighted by molar-refractivity contribution is -0.0349. The Bertz CT molecular complexity index is 204. The molecule has 3 atom stereocenters. The molecule has 0 saturated carbocycles. The molecule has 3 unspecified atom stereocenters. The number of hydrogen-bond donors (Lipinski definition) is 2. The normalized spacial score (nSPS) is 33.0. The third kappa shape index (κ3) is 3.44. The van der Waals surface area contributed by atoms with Gasteiger partial charge < -0.3 is 10.4 Å². The molecule has 0 spiro atoms. The predicted octanol–water partition coefficient (Wildman–Crippen LogP) is 1.08. The van der Waals surface area contributed by atoms with E-state index in [-0.39, 0.29) is 0 Å². The van der Waals surface area contributed by atoms with Gasteiger partial charge in [0.25, 0.3) is 0 Å². The molecule has 3 nitrogen and oxygen atoms in total. The van der Waals surface area contributed by atoms with Crippen LogP contribution in [-0.4, -0.2) is 47.3 Å². The first-order chi connectivity index (χ1) is 6.83. The van der Waals surface area contributed by atoms with Crippen LogP contribution >= 0.6 is 0 Å². The fourth-order valence-corrected chi connectivity index (χ4v) is 1.91. The Morgan fingerprint density at radius 2 is 2.07 bits per heavy atom. The maximum Gasteiger partial charge on any atom is 0.0768 e. The first-order valence-electron chi connectivity index (χ1n) is 6.02. The summed E-state index contributed by atoms with van der Waals surface area (Å²) in [6.45, 7) is 13.3. The van der Waals surface area contributed by atoms with Gasteiger partial charge in [0.15, 0.2) is 0 Å². The number of β-amino-alcohol motifs (C(OH)–C–C–N with tert-alkyl or cyclic N) is 1. The van der Waals surface area contributed by atoms with Gasteiger partial charge in [-0.05, 0) is 26.7 Å². The molecule has 0 amide bonds. The van der Waals surface area contributed by atoms with E-state index in [0.717, 1.165) is 19.6 Å². The van der Waals surface area contributed by atoms with Crippen molar-refractivity contribution in [1.29, 1.82) is 0 Å². The number of rotatable bonds is 3. The van der Waals surface area contributed by atoms with Crippen LogP contribution in [0.4, 0.5) is 0 Å². The summed E-state index contributed by atoms with van der Waals surface area (Å²) >= 11 is 0. The molecule has 0 bridgehead atoms. The Hall–Kier alpha value is -0.120. The average Bonchev–Trinajstić information content (AvgIpc) is 2.10. The van der Waals surface area contributed by atoms with Gasteiger partial charge in [0.05, 0.1) is 5.60 Å². The van der Waals surface area contributed by atoms with Crippen molar-refractivity contribution in [2.24, 2.45) is 5.92 Å². The summed E-state index contributed by atoms with van der Waals surface area (Å²) in [7, 11) is 0. The van der Waals surface area contributed by atoms with E-state index in [2.05, 4.69) is 37.9 Å². The highest BCUT2D eigenvalue weighted by molar-refractivity contribution is 4.88. The molecule has 3 heteroatoms. The average molecular weight is 214 g/mol. The maximum atomic E-state index is 10.3. The van der Waals surface area contributed by atoms with E-state index in [9.17, 15) is 5.11 Å². The van der Waals surface area contributed by atoms with Crippen molar-refractivity contribution in [2.45, 2.75) is 52.3 Å². The molecule has 15 heavy (non-hydrogen) atoms. The van der Waals surface area contributed by atoms with Gasteiger partial charge in [-0.1, -0.05) is 13.8 Å². The molecule has 0 aliphatic carbocycles. The second-order valence-electron chi connectivity index (χ2n) is 5.60. The highest BCUT2D eigenvalue weighted by Crippen LogP contribution is 2.20. The third-order valence-electron chi connectivity index (χ3n) is 3.66. The highest BCUT2D eigenvalue weighted by Gasteiger charge is 2.31. The van der Waals surface area contributed by atoms with Crippen LogP contribution in [0.25, 0.3) is 0 Å². The summed E-state index contributed by atoms with van der Waals surface area (Å²) < 4.78 is 0. The van der Waals surface area contributed by atoms with E-state index >= 15 is 0 Å². The smallest absolute Gasteiger partial charge is 0.0768 e. The fourth-order valence-electron chi connectivity index (χ4n) is 1.91. The molecule has 0 aromatic heterocycles. The maximum absolute atomic E-state index is 10.3. The number of nitrogens with one attached hydrogen (secondary N) is 1. The summed E-state index contributed by atoms with van der Waals surface area (Å²) in [5, 5.41) is 13.7. The van der Waals surface area contributed by atoms with Crippen LogP contribution in [0.2, 0.25) is 0 Å². The van der Waals surface area contributed by atoms with Crippen LogP contribution < -0.4 is 5.32 Å². The lowest BCUT2D eigenvalue weighted by Crippen LogP contribution is -2.58. The Kier molecular flexibility index (Phi) is 4.15. The zero-order valence-corrected chi connectivity index (χ0v) is 10.7. The molecule has 90 valence electrons. The number of hydrogen-bond acceptors (Lipinski definition) is 3. The van der Waals surface area contributed by atoms with E-state index in [1.807, 2.05) is 6.92 Å². The molecule has 2 N–H and O–H groups in total. The number of nitrogens with zero attached hydrogens (tertiary/aromatic N) is 1. The van der Waals surface area contributed by atoms with E-state index in [4.69, 9.17) is 0 Å². The van der Waals surface area contributed by atoms with E-state index in [0.29, 0.717) is 18.0 Å². The van der Waals surface area contributed by atoms with Crippen LogP contribution in [0, 0.1) is 5.92 Å². The van der Waals surface area contributed by atoms with Crippen molar-refractivity contribution in [1.82, 2.24) is 10.2 Å². The SMILES string of the molecule is CC1CN(CC(C)(O)C(C)C)C(C)CN1. The molecular weight excluding hydrogens is 188 g/mol. The minimum absolute atomic E-state index is 0.301. The summed E-state index contributed by atoms with van der Waals surface area (Å²) in [4.78, 5) is 2.39. The standard InChI is InChI=1S/C12H26N2O/c1-9(2)12(5,15)8-14-7-10(3)13-6-11(14)4/h9-11,13,15H,6-8H2,1-5H3. The lowest BCUT2D eigenvalue weighted by Gasteiger charge is -2.42. The lowest BCUT2D eigenvalue weighted by atomic mass is 9.91. The number of aliphatic hydroxyl groups is 1.